The number of rotatable bonds is 5. The molecular formula is C17H13N3NiO4S. The van der Waals surface area contributed by atoms with Crippen LogP contribution in [0.3, 0.4) is 0 Å². The minimum absolute atomic E-state index is 0. The second-order valence-electron chi connectivity index (χ2n) is 5.09. The minimum atomic E-state index is -4.14. The van der Waals surface area contributed by atoms with Crippen LogP contribution < -0.4 is 4.72 Å². The van der Waals surface area contributed by atoms with Crippen LogP contribution in [0.4, 0.5) is 11.4 Å². The molecule has 0 spiro atoms. The molecule has 0 amide bonds. The molecule has 7 nitrogen and oxygen atoms in total. The third kappa shape index (κ3) is 4.07. The van der Waals surface area contributed by atoms with Crippen molar-refractivity contribution in [3.8, 4) is 11.3 Å². The van der Waals surface area contributed by atoms with Crippen LogP contribution in [0.5, 0.6) is 0 Å². The molecule has 1 heterocycles. The van der Waals surface area contributed by atoms with Crippen LogP contribution in [0.2, 0.25) is 0 Å². The number of nitrogens with one attached hydrogen (secondary N) is 1. The maximum Gasteiger partial charge on any atom is 0.289 e. The van der Waals surface area contributed by atoms with Gasteiger partial charge in [-0.2, -0.15) is 0 Å². The van der Waals surface area contributed by atoms with Gasteiger partial charge < -0.3 is 0 Å². The van der Waals surface area contributed by atoms with Crippen molar-refractivity contribution in [2.75, 3.05) is 4.72 Å². The molecule has 0 saturated heterocycles. The summed E-state index contributed by atoms with van der Waals surface area (Å²) < 4.78 is 27.8. The van der Waals surface area contributed by atoms with Crippen LogP contribution in [-0.2, 0) is 26.5 Å². The molecule has 0 aliphatic rings. The zero-order valence-corrected chi connectivity index (χ0v) is 15.0. The van der Waals surface area contributed by atoms with E-state index in [4.69, 9.17) is 0 Å². The number of anilines is 1. The van der Waals surface area contributed by atoms with E-state index >= 15 is 0 Å². The van der Waals surface area contributed by atoms with Crippen LogP contribution in [0.25, 0.3) is 11.3 Å². The van der Waals surface area contributed by atoms with Crippen molar-refractivity contribution in [2.45, 2.75) is 4.90 Å². The van der Waals surface area contributed by atoms with E-state index in [0.29, 0.717) is 16.9 Å². The molecule has 0 radical (unpaired) electrons. The molecular weight excluding hydrogens is 401 g/mol. The normalized spacial score (nSPS) is 10.6. The van der Waals surface area contributed by atoms with Crippen LogP contribution >= 0.6 is 0 Å². The van der Waals surface area contributed by atoms with Crippen molar-refractivity contribution in [2.24, 2.45) is 0 Å². The Labute approximate surface area is 160 Å². The second-order valence-corrected chi connectivity index (χ2v) is 6.74. The Balaban J connectivity index is 0.00000243. The third-order valence-electron chi connectivity index (χ3n) is 3.46. The number of hydrogen-bond donors (Lipinski definition) is 1. The topological polar surface area (TPSA) is 102 Å². The molecule has 0 aliphatic heterocycles. The first kappa shape index (κ1) is 19.6. The smallest absolute Gasteiger partial charge is 0.279 e. The maximum absolute atomic E-state index is 12.7. The number of hydrogen-bond acceptors (Lipinski definition) is 5. The Morgan fingerprint density at radius 1 is 0.923 bits per heavy atom. The average Bonchev–Trinajstić information content (AvgIpc) is 2.62. The summed E-state index contributed by atoms with van der Waals surface area (Å²) in [7, 11) is -4.14. The number of para-hydroxylation sites is 2. The molecule has 0 bridgehead atoms. The largest absolute Gasteiger partial charge is 0.289 e. The molecule has 1 aromatic heterocycles. The summed E-state index contributed by atoms with van der Waals surface area (Å²) in [5, 5.41) is 11.1. The predicted octanol–water partition coefficient (Wildman–Crippen LogP) is 3.46. The van der Waals surface area contributed by atoms with Gasteiger partial charge in [0, 0.05) is 34.3 Å². The van der Waals surface area contributed by atoms with Crippen molar-refractivity contribution in [1.82, 2.24) is 4.98 Å². The number of aromatic nitrogens is 1. The third-order valence-corrected chi connectivity index (χ3v) is 4.88. The Morgan fingerprint density at radius 2 is 1.58 bits per heavy atom. The summed E-state index contributed by atoms with van der Waals surface area (Å²) in [6.45, 7) is 0. The Kier molecular flexibility index (Phi) is 6.07. The first-order chi connectivity index (χ1) is 12.0. The number of nitro groups is 1. The molecule has 1 N–H and O–H groups in total. The van der Waals surface area contributed by atoms with Gasteiger partial charge in [-0.05, 0) is 24.3 Å². The van der Waals surface area contributed by atoms with Crippen molar-refractivity contribution >= 4 is 21.4 Å². The molecule has 26 heavy (non-hydrogen) atoms. The fraction of sp³-hybridized carbons (Fsp3) is 0. The van der Waals surface area contributed by atoms with Crippen LogP contribution in [-0.4, -0.2) is 18.3 Å². The van der Waals surface area contributed by atoms with Crippen molar-refractivity contribution in [3.63, 3.8) is 0 Å². The van der Waals surface area contributed by atoms with E-state index in [1.54, 1.807) is 48.7 Å². The molecule has 0 atom stereocenters. The molecule has 0 aliphatic carbocycles. The van der Waals surface area contributed by atoms with E-state index in [2.05, 4.69) is 9.71 Å². The Bertz CT molecular complexity index is 1030. The zero-order valence-electron chi connectivity index (χ0n) is 13.2. The van der Waals surface area contributed by atoms with Gasteiger partial charge in [-0.25, -0.2) is 8.42 Å². The predicted molar refractivity (Wildman–Crippen MR) is 93.6 cm³/mol. The van der Waals surface area contributed by atoms with Gasteiger partial charge in [-0.3, -0.25) is 19.8 Å². The van der Waals surface area contributed by atoms with Gasteiger partial charge in [-0.15, -0.1) is 0 Å². The monoisotopic (exact) mass is 413 g/mol. The first-order valence-corrected chi connectivity index (χ1v) is 8.74. The van der Waals surface area contributed by atoms with E-state index in [-0.39, 0.29) is 16.5 Å². The van der Waals surface area contributed by atoms with E-state index in [1.807, 2.05) is 0 Å². The van der Waals surface area contributed by atoms with Crippen molar-refractivity contribution in [1.29, 1.82) is 0 Å². The summed E-state index contributed by atoms with van der Waals surface area (Å²) >= 11 is 0. The summed E-state index contributed by atoms with van der Waals surface area (Å²) in [5.74, 6) is 0. The van der Waals surface area contributed by atoms with E-state index < -0.39 is 25.5 Å². The average molecular weight is 414 g/mol. The van der Waals surface area contributed by atoms with Crippen molar-refractivity contribution in [3.05, 3.63) is 83.0 Å². The summed E-state index contributed by atoms with van der Waals surface area (Å²) in [5.41, 5.74) is 0.971. The van der Waals surface area contributed by atoms with Gasteiger partial charge in [-0.1, -0.05) is 36.4 Å². The number of benzene rings is 2. The molecule has 3 rings (SSSR count). The van der Waals surface area contributed by atoms with Crippen LogP contribution in [0, 0.1) is 10.1 Å². The van der Waals surface area contributed by atoms with Gasteiger partial charge in [0.15, 0.2) is 4.90 Å². The molecule has 9 heteroatoms. The quantitative estimate of drug-likeness (QED) is 0.392. The maximum atomic E-state index is 12.7. The van der Waals surface area contributed by atoms with Gasteiger partial charge in [0.2, 0.25) is 0 Å². The molecule has 0 saturated carbocycles. The molecule has 0 fully saturated rings. The Hall–Kier alpha value is -2.77. The fourth-order valence-electron chi connectivity index (χ4n) is 2.35. The van der Waals surface area contributed by atoms with E-state index in [9.17, 15) is 18.5 Å². The number of nitro benzene ring substituents is 1. The Morgan fingerprint density at radius 3 is 2.27 bits per heavy atom. The number of nitrogens with zero attached hydrogens (tertiary/aromatic N) is 2. The summed E-state index contributed by atoms with van der Waals surface area (Å²) in [4.78, 5) is 14.2. The van der Waals surface area contributed by atoms with Gasteiger partial charge in [0.05, 0.1) is 16.3 Å². The first-order valence-electron chi connectivity index (χ1n) is 7.26. The van der Waals surface area contributed by atoms with Crippen LogP contribution in [0.1, 0.15) is 0 Å². The zero-order chi connectivity index (χ0) is 17.9. The number of sulfonamides is 1. The van der Waals surface area contributed by atoms with E-state index in [0.717, 1.165) is 6.07 Å². The molecule has 136 valence electrons. The SMILES string of the molecule is O=[N+]([O-])c1ccccc1S(=O)(=O)Nc1ccccc1-c1ccccn1.[Ni]. The summed E-state index contributed by atoms with van der Waals surface area (Å²) in [6, 6.07) is 17.2. The fourth-order valence-corrected chi connectivity index (χ4v) is 3.61. The number of pyridine rings is 1. The summed E-state index contributed by atoms with van der Waals surface area (Å²) in [6.07, 6.45) is 1.60. The van der Waals surface area contributed by atoms with E-state index in [1.165, 1.54) is 18.2 Å². The molecule has 3 aromatic rings. The minimum Gasteiger partial charge on any atom is -0.279 e. The van der Waals surface area contributed by atoms with Crippen LogP contribution in [0.15, 0.2) is 77.8 Å². The molecule has 2 aromatic carbocycles. The van der Waals surface area contributed by atoms with Gasteiger partial charge in [0.25, 0.3) is 15.7 Å². The van der Waals surface area contributed by atoms with Crippen molar-refractivity contribution < 1.29 is 29.8 Å². The van der Waals surface area contributed by atoms with Gasteiger partial charge in [0.1, 0.15) is 0 Å². The standard InChI is InChI=1S/C17H13N3O4S.Ni/c21-20(22)16-10-3-4-11-17(16)25(23,24)19-15-9-2-1-7-13(15)14-8-5-6-12-18-14;/h1-12,19H;. The molecule has 0 unspecified atom stereocenters. The van der Waals surface area contributed by atoms with Gasteiger partial charge >= 0.3 is 0 Å². The second kappa shape index (κ2) is 8.07.